The van der Waals surface area contributed by atoms with E-state index < -0.39 is 10.0 Å². The van der Waals surface area contributed by atoms with Gasteiger partial charge in [0.2, 0.25) is 15.9 Å². The summed E-state index contributed by atoms with van der Waals surface area (Å²) in [5, 5.41) is 6.71. The molecule has 0 unspecified atom stereocenters. The molecule has 2 aromatic heterocycles. The second-order valence-electron chi connectivity index (χ2n) is 4.25. The molecular weight excluding hydrogens is 282 g/mol. The van der Waals surface area contributed by atoms with Gasteiger partial charge in [0.15, 0.2) is 5.82 Å². The predicted octanol–water partition coefficient (Wildman–Crippen LogP) is 0.635. The maximum atomic E-state index is 11.9. The van der Waals surface area contributed by atoms with E-state index in [0.717, 1.165) is 4.31 Å². The number of pyridine rings is 1. The maximum absolute atomic E-state index is 11.9. The fourth-order valence-corrected chi connectivity index (χ4v) is 2.28. The SMILES string of the molecule is Cc1nc(CNc2ccc(S(=O)(=O)N(C)C)cn2)no1. The van der Waals surface area contributed by atoms with E-state index in [-0.39, 0.29) is 4.90 Å². The van der Waals surface area contributed by atoms with Crippen LogP contribution in [0.4, 0.5) is 5.82 Å². The van der Waals surface area contributed by atoms with Gasteiger partial charge in [0.1, 0.15) is 10.7 Å². The third-order valence-corrected chi connectivity index (χ3v) is 4.31. The molecule has 2 rings (SSSR count). The van der Waals surface area contributed by atoms with Crippen molar-refractivity contribution in [3.63, 3.8) is 0 Å². The van der Waals surface area contributed by atoms with Gasteiger partial charge in [-0.2, -0.15) is 4.98 Å². The Morgan fingerprint density at radius 1 is 1.35 bits per heavy atom. The highest BCUT2D eigenvalue weighted by Gasteiger charge is 2.17. The molecular formula is C11H15N5O3S. The quantitative estimate of drug-likeness (QED) is 0.863. The van der Waals surface area contributed by atoms with Gasteiger partial charge in [0.25, 0.3) is 0 Å². The Bertz CT molecular complexity index is 678. The fraction of sp³-hybridized carbons (Fsp3) is 0.364. The van der Waals surface area contributed by atoms with E-state index in [1.165, 1.54) is 26.4 Å². The van der Waals surface area contributed by atoms with Crippen LogP contribution >= 0.6 is 0 Å². The van der Waals surface area contributed by atoms with E-state index >= 15 is 0 Å². The van der Waals surface area contributed by atoms with Crippen molar-refractivity contribution in [1.82, 2.24) is 19.4 Å². The molecule has 2 aromatic rings. The van der Waals surface area contributed by atoms with Gasteiger partial charge >= 0.3 is 0 Å². The van der Waals surface area contributed by atoms with Crippen molar-refractivity contribution in [2.75, 3.05) is 19.4 Å². The Morgan fingerprint density at radius 3 is 2.60 bits per heavy atom. The van der Waals surface area contributed by atoms with Gasteiger partial charge in [0, 0.05) is 27.2 Å². The zero-order valence-electron chi connectivity index (χ0n) is 11.4. The Kier molecular flexibility index (Phi) is 4.00. The van der Waals surface area contributed by atoms with Crippen LogP contribution in [0.15, 0.2) is 27.7 Å². The lowest BCUT2D eigenvalue weighted by atomic mass is 10.4. The van der Waals surface area contributed by atoms with Crippen LogP contribution in [-0.4, -0.2) is 41.9 Å². The summed E-state index contributed by atoms with van der Waals surface area (Å²) in [5.74, 6) is 1.53. The van der Waals surface area contributed by atoms with Gasteiger partial charge in [-0.1, -0.05) is 5.16 Å². The lowest BCUT2D eigenvalue weighted by Gasteiger charge is -2.11. The molecule has 0 radical (unpaired) electrons. The summed E-state index contributed by atoms with van der Waals surface area (Å²) in [5.41, 5.74) is 0. The monoisotopic (exact) mass is 297 g/mol. The van der Waals surface area contributed by atoms with Crippen LogP contribution in [0.2, 0.25) is 0 Å². The van der Waals surface area contributed by atoms with E-state index in [0.29, 0.717) is 24.1 Å². The van der Waals surface area contributed by atoms with Crippen molar-refractivity contribution in [3.05, 3.63) is 30.0 Å². The smallest absolute Gasteiger partial charge is 0.244 e. The van der Waals surface area contributed by atoms with Gasteiger partial charge in [-0.05, 0) is 12.1 Å². The highest BCUT2D eigenvalue weighted by atomic mass is 32.2. The van der Waals surface area contributed by atoms with Crippen molar-refractivity contribution in [3.8, 4) is 0 Å². The van der Waals surface area contributed by atoms with E-state index in [1.54, 1.807) is 13.0 Å². The minimum absolute atomic E-state index is 0.142. The molecule has 0 aromatic carbocycles. The van der Waals surface area contributed by atoms with Crippen LogP contribution in [0.5, 0.6) is 0 Å². The number of aryl methyl sites for hydroxylation is 1. The molecule has 108 valence electrons. The summed E-state index contributed by atoms with van der Waals surface area (Å²) in [4.78, 5) is 8.22. The highest BCUT2D eigenvalue weighted by Crippen LogP contribution is 2.14. The summed E-state index contributed by atoms with van der Waals surface area (Å²) in [6.45, 7) is 2.06. The van der Waals surface area contributed by atoms with Gasteiger partial charge in [0.05, 0.1) is 6.54 Å². The number of hydrogen-bond acceptors (Lipinski definition) is 7. The topological polar surface area (TPSA) is 101 Å². The Labute approximate surface area is 116 Å². The molecule has 1 N–H and O–H groups in total. The fourth-order valence-electron chi connectivity index (χ4n) is 1.43. The van der Waals surface area contributed by atoms with Crippen LogP contribution in [0.25, 0.3) is 0 Å². The van der Waals surface area contributed by atoms with Crippen molar-refractivity contribution < 1.29 is 12.9 Å². The third-order valence-electron chi connectivity index (χ3n) is 2.51. The van der Waals surface area contributed by atoms with Crippen LogP contribution in [0.3, 0.4) is 0 Å². The van der Waals surface area contributed by atoms with Crippen LogP contribution in [-0.2, 0) is 16.6 Å². The zero-order chi connectivity index (χ0) is 14.8. The van der Waals surface area contributed by atoms with Gasteiger partial charge in [-0.15, -0.1) is 0 Å². The van der Waals surface area contributed by atoms with Crippen LogP contribution < -0.4 is 5.32 Å². The molecule has 0 fully saturated rings. The van der Waals surface area contributed by atoms with Crippen molar-refractivity contribution in [2.45, 2.75) is 18.4 Å². The molecule has 0 atom stereocenters. The number of aromatic nitrogens is 3. The minimum Gasteiger partial charge on any atom is -0.363 e. The molecule has 2 heterocycles. The lowest BCUT2D eigenvalue weighted by Crippen LogP contribution is -2.22. The molecule has 0 saturated heterocycles. The van der Waals surface area contributed by atoms with Crippen LogP contribution in [0.1, 0.15) is 11.7 Å². The number of hydrogen-bond donors (Lipinski definition) is 1. The molecule has 0 aliphatic carbocycles. The lowest BCUT2D eigenvalue weighted by molar-refractivity contribution is 0.388. The molecule has 0 bridgehead atoms. The summed E-state index contributed by atoms with van der Waals surface area (Å²) in [6.07, 6.45) is 1.30. The summed E-state index contributed by atoms with van der Waals surface area (Å²) in [6, 6.07) is 3.08. The van der Waals surface area contributed by atoms with Crippen LogP contribution in [0, 0.1) is 6.92 Å². The first kappa shape index (κ1) is 14.4. The van der Waals surface area contributed by atoms with E-state index in [2.05, 4.69) is 20.4 Å². The molecule has 0 spiro atoms. The van der Waals surface area contributed by atoms with E-state index in [4.69, 9.17) is 4.52 Å². The van der Waals surface area contributed by atoms with E-state index in [1.807, 2.05) is 0 Å². The number of sulfonamides is 1. The number of nitrogens with one attached hydrogen (secondary N) is 1. The van der Waals surface area contributed by atoms with Crippen molar-refractivity contribution in [2.24, 2.45) is 0 Å². The average Bonchev–Trinajstić information content (AvgIpc) is 2.82. The second-order valence-corrected chi connectivity index (χ2v) is 6.40. The Hall–Kier alpha value is -2.00. The first-order chi connectivity index (χ1) is 9.39. The molecule has 0 aliphatic rings. The Balaban J connectivity index is 2.05. The molecule has 8 nitrogen and oxygen atoms in total. The number of rotatable bonds is 5. The number of anilines is 1. The zero-order valence-corrected chi connectivity index (χ0v) is 12.2. The van der Waals surface area contributed by atoms with Crippen molar-refractivity contribution >= 4 is 15.8 Å². The van der Waals surface area contributed by atoms with Gasteiger partial charge in [-0.25, -0.2) is 17.7 Å². The molecule has 0 saturated carbocycles. The normalized spacial score (nSPS) is 11.8. The van der Waals surface area contributed by atoms with E-state index in [9.17, 15) is 8.42 Å². The standard InChI is InChI=1S/C11H15N5O3S/c1-8-14-11(15-19-8)7-13-10-5-4-9(6-12-10)20(17,18)16(2)3/h4-6H,7H2,1-3H3,(H,12,13). The minimum atomic E-state index is -3.45. The largest absolute Gasteiger partial charge is 0.363 e. The molecule has 0 amide bonds. The Morgan fingerprint density at radius 2 is 2.10 bits per heavy atom. The molecule has 9 heteroatoms. The first-order valence-corrected chi connectivity index (χ1v) is 7.25. The molecule has 0 aliphatic heterocycles. The summed E-state index contributed by atoms with van der Waals surface area (Å²) < 4.78 is 29.7. The van der Waals surface area contributed by atoms with Gasteiger partial charge in [-0.3, -0.25) is 0 Å². The maximum Gasteiger partial charge on any atom is 0.244 e. The van der Waals surface area contributed by atoms with Gasteiger partial charge < -0.3 is 9.84 Å². The third kappa shape index (κ3) is 3.11. The first-order valence-electron chi connectivity index (χ1n) is 5.81. The highest BCUT2D eigenvalue weighted by molar-refractivity contribution is 7.89. The summed E-state index contributed by atoms with van der Waals surface area (Å²) >= 11 is 0. The average molecular weight is 297 g/mol. The second kappa shape index (κ2) is 5.55. The predicted molar refractivity (Wildman–Crippen MR) is 71.5 cm³/mol. The summed E-state index contributed by atoms with van der Waals surface area (Å²) in [7, 11) is -0.509. The van der Waals surface area contributed by atoms with Crippen molar-refractivity contribution in [1.29, 1.82) is 0 Å². The number of nitrogens with zero attached hydrogens (tertiary/aromatic N) is 4. The molecule has 20 heavy (non-hydrogen) atoms.